The number of likely N-dealkylation sites (N-methyl/N-ethyl adjacent to an activating group) is 1. The van der Waals surface area contributed by atoms with Crippen LogP contribution in [-0.4, -0.2) is 50.8 Å². The van der Waals surface area contributed by atoms with Gasteiger partial charge in [0.1, 0.15) is 0 Å². The Morgan fingerprint density at radius 3 is 2.12 bits per heavy atom. The van der Waals surface area contributed by atoms with Gasteiger partial charge < -0.3 is 15.0 Å². The summed E-state index contributed by atoms with van der Waals surface area (Å²) in [4.78, 5) is 2.20. The Labute approximate surface area is 108 Å². The molecule has 0 aliphatic rings. The molecule has 3 nitrogen and oxygen atoms in total. The van der Waals surface area contributed by atoms with E-state index in [1.165, 1.54) is 6.42 Å². The van der Waals surface area contributed by atoms with Crippen LogP contribution in [0, 0.1) is 5.41 Å². The van der Waals surface area contributed by atoms with Crippen LogP contribution in [0.1, 0.15) is 41.0 Å². The van der Waals surface area contributed by atoms with Crippen LogP contribution in [0.2, 0.25) is 0 Å². The molecular weight excluding hydrogens is 212 g/mol. The van der Waals surface area contributed by atoms with Gasteiger partial charge in [-0.05, 0) is 40.9 Å². The summed E-state index contributed by atoms with van der Waals surface area (Å²) in [6.45, 7) is 14.8. The van der Waals surface area contributed by atoms with E-state index in [-0.39, 0.29) is 11.0 Å². The van der Waals surface area contributed by atoms with Crippen LogP contribution in [0.25, 0.3) is 0 Å². The lowest BCUT2D eigenvalue weighted by atomic mass is 9.94. The second kappa shape index (κ2) is 7.34. The zero-order chi connectivity index (χ0) is 13.5. The van der Waals surface area contributed by atoms with Gasteiger partial charge in [0.15, 0.2) is 0 Å². The van der Waals surface area contributed by atoms with Gasteiger partial charge >= 0.3 is 0 Å². The first-order valence-electron chi connectivity index (χ1n) is 6.67. The lowest BCUT2D eigenvalue weighted by molar-refractivity contribution is 0.000567. The van der Waals surface area contributed by atoms with Crippen molar-refractivity contribution in [3.63, 3.8) is 0 Å². The maximum atomic E-state index is 5.87. The Balaban J connectivity index is 3.86. The number of nitrogens with zero attached hydrogens (tertiary/aromatic N) is 1. The van der Waals surface area contributed by atoms with Gasteiger partial charge in [0.05, 0.1) is 13.2 Å². The quantitative estimate of drug-likeness (QED) is 0.630. The highest BCUT2D eigenvalue weighted by molar-refractivity contribution is 4.77. The number of ether oxygens (including phenoxy) is 1. The first-order chi connectivity index (χ1) is 7.71. The van der Waals surface area contributed by atoms with Crippen LogP contribution < -0.4 is 5.32 Å². The summed E-state index contributed by atoms with van der Waals surface area (Å²) in [5.41, 5.74) is 0.310. The third-order valence-electron chi connectivity index (χ3n) is 3.19. The van der Waals surface area contributed by atoms with Crippen molar-refractivity contribution in [2.24, 2.45) is 5.41 Å². The summed E-state index contributed by atoms with van der Waals surface area (Å²) in [7, 11) is 4.19. The average molecular weight is 244 g/mol. The number of hydrogen-bond acceptors (Lipinski definition) is 3. The molecule has 0 aromatic heterocycles. The molecule has 0 aromatic carbocycles. The summed E-state index contributed by atoms with van der Waals surface area (Å²) in [5.74, 6) is 0. The van der Waals surface area contributed by atoms with Gasteiger partial charge in [-0.1, -0.05) is 20.8 Å². The molecule has 0 saturated heterocycles. The first kappa shape index (κ1) is 16.9. The molecule has 0 aliphatic heterocycles. The fourth-order valence-electron chi connectivity index (χ4n) is 1.36. The largest absolute Gasteiger partial charge is 0.379 e. The fraction of sp³-hybridized carbons (Fsp3) is 1.00. The van der Waals surface area contributed by atoms with Crippen LogP contribution >= 0.6 is 0 Å². The summed E-state index contributed by atoms with van der Waals surface area (Å²) >= 11 is 0. The van der Waals surface area contributed by atoms with Crippen LogP contribution in [0.4, 0.5) is 0 Å². The molecule has 1 N–H and O–H groups in total. The van der Waals surface area contributed by atoms with Crippen molar-refractivity contribution < 1.29 is 4.74 Å². The molecular formula is C14H32N2O. The molecule has 0 fully saturated rings. The van der Waals surface area contributed by atoms with Crippen molar-refractivity contribution in [2.45, 2.75) is 46.6 Å². The molecule has 0 spiro atoms. The second-order valence-corrected chi connectivity index (χ2v) is 6.54. The highest BCUT2D eigenvalue weighted by atomic mass is 16.5. The molecule has 0 unspecified atom stereocenters. The third kappa shape index (κ3) is 7.74. The third-order valence-corrected chi connectivity index (χ3v) is 3.19. The molecule has 0 aliphatic carbocycles. The molecule has 104 valence electrons. The van der Waals surface area contributed by atoms with Crippen molar-refractivity contribution in [3.8, 4) is 0 Å². The van der Waals surface area contributed by atoms with Gasteiger partial charge in [-0.15, -0.1) is 0 Å². The molecule has 0 heterocycles. The van der Waals surface area contributed by atoms with Crippen LogP contribution in [0.3, 0.4) is 0 Å². The smallest absolute Gasteiger partial charge is 0.0645 e. The van der Waals surface area contributed by atoms with Crippen LogP contribution in [-0.2, 0) is 4.74 Å². The normalized spacial score (nSPS) is 13.4. The Kier molecular flexibility index (Phi) is 7.29. The lowest BCUT2D eigenvalue weighted by Gasteiger charge is -2.34. The monoisotopic (exact) mass is 244 g/mol. The molecule has 0 radical (unpaired) electrons. The van der Waals surface area contributed by atoms with E-state index in [1.807, 2.05) is 0 Å². The van der Waals surface area contributed by atoms with Gasteiger partial charge in [-0.3, -0.25) is 0 Å². The highest BCUT2D eigenvalue weighted by Gasteiger charge is 2.23. The maximum Gasteiger partial charge on any atom is 0.0645 e. The molecule has 0 rings (SSSR count). The highest BCUT2D eigenvalue weighted by Crippen LogP contribution is 2.17. The second-order valence-electron chi connectivity index (χ2n) is 6.54. The minimum absolute atomic E-state index is 0.104. The molecule has 3 heteroatoms. The van der Waals surface area contributed by atoms with E-state index in [2.05, 4.69) is 58.9 Å². The van der Waals surface area contributed by atoms with Crippen molar-refractivity contribution in [1.82, 2.24) is 10.2 Å². The fourth-order valence-corrected chi connectivity index (χ4v) is 1.36. The first-order valence-corrected chi connectivity index (χ1v) is 6.67. The molecule has 0 bridgehead atoms. The van der Waals surface area contributed by atoms with Gasteiger partial charge in [0, 0.05) is 17.5 Å². The maximum absolute atomic E-state index is 5.87. The SMILES string of the molecule is CCCNCC(C)(C)COCC(C)(C)N(C)C. The summed E-state index contributed by atoms with van der Waals surface area (Å²) in [6, 6.07) is 0. The predicted octanol–water partition coefficient (Wildman–Crippen LogP) is 2.37. The summed E-state index contributed by atoms with van der Waals surface area (Å²) in [6.07, 6.45) is 1.19. The zero-order valence-electron chi connectivity index (χ0n) is 12.9. The van der Waals surface area contributed by atoms with Crippen molar-refractivity contribution in [3.05, 3.63) is 0 Å². The van der Waals surface area contributed by atoms with E-state index in [9.17, 15) is 0 Å². The van der Waals surface area contributed by atoms with Crippen LogP contribution in [0.5, 0.6) is 0 Å². The van der Waals surface area contributed by atoms with E-state index in [0.717, 1.165) is 26.3 Å². The van der Waals surface area contributed by atoms with Crippen LogP contribution in [0.15, 0.2) is 0 Å². The Morgan fingerprint density at radius 2 is 1.65 bits per heavy atom. The van der Waals surface area contributed by atoms with Crippen molar-refractivity contribution >= 4 is 0 Å². The summed E-state index contributed by atoms with van der Waals surface area (Å²) < 4.78 is 5.87. The lowest BCUT2D eigenvalue weighted by Crippen LogP contribution is -2.43. The number of hydrogen-bond donors (Lipinski definition) is 1. The van der Waals surface area contributed by atoms with E-state index in [1.54, 1.807) is 0 Å². The minimum Gasteiger partial charge on any atom is -0.379 e. The molecule has 0 aromatic rings. The van der Waals surface area contributed by atoms with Crippen molar-refractivity contribution in [1.29, 1.82) is 0 Å². The Hall–Kier alpha value is -0.120. The van der Waals surface area contributed by atoms with E-state index < -0.39 is 0 Å². The minimum atomic E-state index is 0.104. The Morgan fingerprint density at radius 1 is 1.06 bits per heavy atom. The predicted molar refractivity (Wildman–Crippen MR) is 75.5 cm³/mol. The summed E-state index contributed by atoms with van der Waals surface area (Å²) in [5, 5.41) is 3.46. The van der Waals surface area contributed by atoms with Gasteiger partial charge in [0.2, 0.25) is 0 Å². The van der Waals surface area contributed by atoms with E-state index >= 15 is 0 Å². The molecule has 0 amide bonds. The van der Waals surface area contributed by atoms with Crippen molar-refractivity contribution in [2.75, 3.05) is 40.4 Å². The number of nitrogens with one attached hydrogen (secondary N) is 1. The standard InChI is InChI=1S/C14H32N2O/c1-8-9-15-10-13(2,3)11-17-12-14(4,5)16(6)7/h15H,8-12H2,1-7H3. The number of rotatable bonds is 9. The molecule has 0 saturated carbocycles. The van der Waals surface area contributed by atoms with Gasteiger partial charge in [-0.25, -0.2) is 0 Å². The van der Waals surface area contributed by atoms with Gasteiger partial charge in [-0.2, -0.15) is 0 Å². The molecule has 0 atom stereocenters. The zero-order valence-corrected chi connectivity index (χ0v) is 12.9. The molecule has 17 heavy (non-hydrogen) atoms. The van der Waals surface area contributed by atoms with E-state index in [0.29, 0.717) is 0 Å². The van der Waals surface area contributed by atoms with Gasteiger partial charge in [0.25, 0.3) is 0 Å². The average Bonchev–Trinajstić information content (AvgIpc) is 2.16. The van der Waals surface area contributed by atoms with E-state index in [4.69, 9.17) is 4.74 Å². The topological polar surface area (TPSA) is 24.5 Å². The Bertz CT molecular complexity index is 200.